The normalized spacial score (nSPS) is 22.8. The molecule has 3 atom stereocenters. The maximum atomic E-state index is 12.9. The first-order valence-corrected chi connectivity index (χ1v) is 9.14. The van der Waals surface area contributed by atoms with Crippen LogP contribution in [0.5, 0.6) is 0 Å². The number of carbonyl (C=O) groups excluding carboxylic acids is 1. The third-order valence-corrected chi connectivity index (χ3v) is 5.99. The van der Waals surface area contributed by atoms with Crippen molar-refractivity contribution in [2.45, 2.75) is 30.8 Å². The first-order chi connectivity index (χ1) is 11.4. The number of hydrogen-bond acceptors (Lipinski definition) is 4. The highest BCUT2D eigenvalue weighted by molar-refractivity contribution is 7.89. The number of nitrogens with zero attached hydrogens (tertiary/aromatic N) is 1. The lowest BCUT2D eigenvalue weighted by Crippen LogP contribution is -2.18. The van der Waals surface area contributed by atoms with Crippen molar-refractivity contribution in [2.75, 3.05) is 6.61 Å². The summed E-state index contributed by atoms with van der Waals surface area (Å²) in [6.07, 6.45) is 0. The molecule has 0 radical (unpaired) electrons. The number of sulfonamides is 1. The van der Waals surface area contributed by atoms with Crippen molar-refractivity contribution in [3.63, 3.8) is 0 Å². The largest absolute Gasteiger partial charge is 0.464 e. The molecule has 0 spiro atoms. The fraction of sp³-hybridized carbons (Fsp3) is 0.278. The number of rotatable bonds is 5. The summed E-state index contributed by atoms with van der Waals surface area (Å²) in [6.45, 7) is 3.28. The summed E-state index contributed by atoms with van der Waals surface area (Å²) < 4.78 is 32.3. The van der Waals surface area contributed by atoms with E-state index < -0.39 is 16.0 Å². The third-order valence-electron chi connectivity index (χ3n) is 4.07. The number of hydrogen-bond donors (Lipinski definition) is 0. The van der Waals surface area contributed by atoms with Gasteiger partial charge >= 0.3 is 5.97 Å². The summed E-state index contributed by atoms with van der Waals surface area (Å²) in [7, 11) is -3.63. The van der Waals surface area contributed by atoms with Crippen LogP contribution in [0.4, 0.5) is 0 Å². The summed E-state index contributed by atoms with van der Waals surface area (Å²) >= 11 is 0. The van der Waals surface area contributed by atoms with Crippen molar-refractivity contribution in [1.82, 2.24) is 4.31 Å². The van der Waals surface area contributed by atoms with Crippen LogP contribution < -0.4 is 0 Å². The van der Waals surface area contributed by atoms with Crippen LogP contribution in [0.1, 0.15) is 24.1 Å². The van der Waals surface area contributed by atoms with Gasteiger partial charge in [0.25, 0.3) is 0 Å². The molecule has 0 amide bonds. The second-order valence-electron chi connectivity index (χ2n) is 5.87. The second kappa shape index (κ2) is 6.37. The van der Waals surface area contributed by atoms with Gasteiger partial charge in [0.1, 0.15) is 6.61 Å². The van der Waals surface area contributed by atoms with E-state index in [0.717, 1.165) is 11.1 Å². The van der Waals surface area contributed by atoms with E-state index in [1.54, 1.807) is 24.3 Å². The topological polar surface area (TPSA) is 63.5 Å². The fourth-order valence-electron chi connectivity index (χ4n) is 2.80. The van der Waals surface area contributed by atoms with Crippen LogP contribution in [0.3, 0.4) is 0 Å². The Morgan fingerprint density at radius 3 is 2.29 bits per heavy atom. The Kier molecular flexibility index (Phi) is 4.43. The van der Waals surface area contributed by atoms with E-state index in [4.69, 9.17) is 4.74 Å². The summed E-state index contributed by atoms with van der Waals surface area (Å²) in [5.41, 5.74) is 1.89. The molecule has 5 nitrogen and oxygen atoms in total. The Morgan fingerprint density at radius 1 is 1.08 bits per heavy atom. The molecule has 3 rings (SSSR count). The minimum atomic E-state index is -3.63. The molecule has 0 saturated carbocycles. The average molecular weight is 345 g/mol. The van der Waals surface area contributed by atoms with E-state index in [-0.39, 0.29) is 23.6 Å². The highest BCUT2D eigenvalue weighted by atomic mass is 32.2. The molecule has 1 aliphatic heterocycles. The van der Waals surface area contributed by atoms with Gasteiger partial charge in [0.05, 0.1) is 17.0 Å². The van der Waals surface area contributed by atoms with Gasteiger partial charge in [0.2, 0.25) is 10.0 Å². The molecule has 1 unspecified atom stereocenters. The van der Waals surface area contributed by atoms with Gasteiger partial charge in [-0.3, -0.25) is 4.79 Å². The van der Waals surface area contributed by atoms with Crippen molar-refractivity contribution < 1.29 is 17.9 Å². The van der Waals surface area contributed by atoms with E-state index >= 15 is 0 Å². The molecule has 1 aliphatic rings. The SMILES string of the molecule is CC(=O)OC[C@@H]1[C@@H](c2ccccc2)N1S(=O)(=O)c1ccc(C)cc1. The lowest BCUT2D eigenvalue weighted by molar-refractivity contribution is -0.141. The van der Waals surface area contributed by atoms with Gasteiger partial charge in [-0.05, 0) is 24.6 Å². The van der Waals surface area contributed by atoms with Crippen LogP contribution in [0.25, 0.3) is 0 Å². The average Bonchev–Trinajstić information content (AvgIpc) is 3.29. The molecule has 24 heavy (non-hydrogen) atoms. The monoisotopic (exact) mass is 345 g/mol. The third kappa shape index (κ3) is 3.20. The summed E-state index contributed by atoms with van der Waals surface area (Å²) in [4.78, 5) is 11.3. The number of esters is 1. The Hall–Kier alpha value is -2.18. The molecule has 1 heterocycles. The highest BCUT2D eigenvalue weighted by Crippen LogP contribution is 2.47. The van der Waals surface area contributed by atoms with Gasteiger partial charge in [-0.15, -0.1) is 0 Å². The molecule has 0 N–H and O–H groups in total. The van der Waals surface area contributed by atoms with Gasteiger partial charge in [-0.2, -0.15) is 4.31 Å². The van der Waals surface area contributed by atoms with Gasteiger partial charge < -0.3 is 4.74 Å². The molecule has 0 aliphatic carbocycles. The molecular formula is C18H19NO4S. The first kappa shape index (κ1) is 16.7. The van der Waals surface area contributed by atoms with Crippen LogP contribution in [0.2, 0.25) is 0 Å². The molecule has 2 aromatic carbocycles. The molecule has 0 aromatic heterocycles. The van der Waals surface area contributed by atoms with E-state index in [9.17, 15) is 13.2 Å². The van der Waals surface area contributed by atoms with Gasteiger partial charge in [-0.25, -0.2) is 8.42 Å². The molecule has 1 saturated heterocycles. The van der Waals surface area contributed by atoms with Crippen molar-refractivity contribution in [3.05, 3.63) is 65.7 Å². The minimum Gasteiger partial charge on any atom is -0.464 e. The number of ether oxygens (including phenoxy) is 1. The Labute approximate surface area is 141 Å². The quantitative estimate of drug-likeness (QED) is 0.617. The van der Waals surface area contributed by atoms with Gasteiger partial charge in [-0.1, -0.05) is 48.0 Å². The lowest BCUT2D eigenvalue weighted by Gasteiger charge is -2.07. The second-order valence-corrected chi connectivity index (χ2v) is 7.72. The van der Waals surface area contributed by atoms with E-state index in [0.29, 0.717) is 0 Å². The fourth-order valence-corrected chi connectivity index (χ4v) is 4.57. The van der Waals surface area contributed by atoms with Crippen molar-refractivity contribution in [3.8, 4) is 0 Å². The molecule has 2 aromatic rings. The van der Waals surface area contributed by atoms with Crippen LogP contribution in [-0.2, 0) is 19.6 Å². The number of carbonyl (C=O) groups is 1. The molecular weight excluding hydrogens is 326 g/mol. The Balaban J connectivity index is 1.91. The number of aryl methyl sites for hydroxylation is 1. The van der Waals surface area contributed by atoms with Gasteiger partial charge in [0.15, 0.2) is 0 Å². The molecule has 126 valence electrons. The highest BCUT2D eigenvalue weighted by Gasteiger charge is 2.56. The van der Waals surface area contributed by atoms with Crippen LogP contribution in [0, 0.1) is 6.92 Å². The zero-order valence-corrected chi connectivity index (χ0v) is 14.4. The standard InChI is InChI=1S/C18H19NO4S/c1-13-8-10-16(11-9-13)24(21,22)19-17(12-23-14(2)20)18(19)15-6-4-3-5-7-15/h3-11,17-18H,12H2,1-2H3/t17-,18-,19?/m1/s1. The smallest absolute Gasteiger partial charge is 0.302 e. The van der Waals surface area contributed by atoms with E-state index in [1.807, 2.05) is 37.3 Å². The summed E-state index contributed by atoms with van der Waals surface area (Å²) in [5.74, 6) is -0.415. The van der Waals surface area contributed by atoms with Crippen molar-refractivity contribution in [2.24, 2.45) is 0 Å². The van der Waals surface area contributed by atoms with Crippen LogP contribution in [0.15, 0.2) is 59.5 Å². The first-order valence-electron chi connectivity index (χ1n) is 7.70. The Morgan fingerprint density at radius 2 is 1.71 bits per heavy atom. The summed E-state index contributed by atoms with van der Waals surface area (Å²) in [5, 5.41) is 0. The zero-order valence-electron chi connectivity index (χ0n) is 13.5. The van der Waals surface area contributed by atoms with Crippen molar-refractivity contribution in [1.29, 1.82) is 0 Å². The maximum absolute atomic E-state index is 12.9. The van der Waals surface area contributed by atoms with E-state index in [1.165, 1.54) is 11.2 Å². The van der Waals surface area contributed by atoms with Crippen LogP contribution in [-0.4, -0.2) is 31.3 Å². The van der Waals surface area contributed by atoms with Crippen molar-refractivity contribution >= 4 is 16.0 Å². The predicted octanol–water partition coefficient (Wildman–Crippen LogP) is 2.67. The predicted molar refractivity (Wildman–Crippen MR) is 89.8 cm³/mol. The molecule has 0 bridgehead atoms. The molecule has 6 heteroatoms. The minimum absolute atomic E-state index is 0.0555. The van der Waals surface area contributed by atoms with Gasteiger partial charge in [0, 0.05) is 6.92 Å². The summed E-state index contributed by atoms with van der Waals surface area (Å²) in [6, 6.07) is 15.5. The lowest BCUT2D eigenvalue weighted by atomic mass is 10.1. The Bertz CT molecular complexity index is 831. The van der Waals surface area contributed by atoms with Crippen LogP contribution >= 0.6 is 0 Å². The maximum Gasteiger partial charge on any atom is 0.302 e. The van der Waals surface area contributed by atoms with E-state index in [2.05, 4.69) is 0 Å². The molecule has 1 fully saturated rings. The number of benzene rings is 2. The zero-order chi connectivity index (χ0) is 17.3.